The number of halogens is 1. The Bertz CT molecular complexity index is 1530. The molecule has 0 atom stereocenters. The van der Waals surface area contributed by atoms with Crippen molar-refractivity contribution in [2.75, 3.05) is 16.8 Å². The molecule has 5 N–H and O–H groups in total. The number of fused-ring (bicyclic) bond motifs is 1. The molecule has 1 aromatic heterocycles. The van der Waals surface area contributed by atoms with Crippen molar-refractivity contribution in [1.82, 2.24) is 9.55 Å². The van der Waals surface area contributed by atoms with Gasteiger partial charge in [0.2, 0.25) is 0 Å². The standard InChI is InChI=1S/C28H29FN6O3/c1-3-34-24-11-9-19(28(38)35(13-12-26(36)37)23-7-5-4-6-17(23)2)15-22(24)33-25(34)16-32-21-10-8-18(27(30)31)14-20(21)29/h4-11,14-15,32H,3,12-13,16H2,1-2H3,(H3,30,31)(H,36,37). The van der Waals surface area contributed by atoms with E-state index < -0.39 is 11.8 Å². The molecule has 0 aliphatic carbocycles. The first-order valence-corrected chi connectivity index (χ1v) is 12.2. The molecular formula is C28H29FN6O3. The van der Waals surface area contributed by atoms with E-state index in [1.165, 1.54) is 17.0 Å². The van der Waals surface area contributed by atoms with E-state index in [1.54, 1.807) is 24.3 Å². The van der Waals surface area contributed by atoms with Crippen LogP contribution in [0.25, 0.3) is 11.0 Å². The number of amidine groups is 1. The smallest absolute Gasteiger partial charge is 0.305 e. The minimum atomic E-state index is -0.988. The Balaban J connectivity index is 1.63. The number of aromatic nitrogens is 2. The number of hydrogen-bond acceptors (Lipinski definition) is 5. The molecule has 0 spiro atoms. The van der Waals surface area contributed by atoms with Crippen LogP contribution < -0.4 is 16.0 Å². The summed E-state index contributed by atoms with van der Waals surface area (Å²) in [5, 5.41) is 19.7. The molecule has 10 heteroatoms. The van der Waals surface area contributed by atoms with Gasteiger partial charge in [-0.2, -0.15) is 0 Å². The fourth-order valence-corrected chi connectivity index (χ4v) is 4.36. The SMILES string of the molecule is CCn1c(CNc2ccc(C(=N)N)cc2F)nc2cc(C(=O)N(CCC(=O)O)c3ccccc3C)ccc21. The summed E-state index contributed by atoms with van der Waals surface area (Å²) in [6.07, 6.45) is -0.188. The van der Waals surface area contributed by atoms with Crippen LogP contribution >= 0.6 is 0 Å². The van der Waals surface area contributed by atoms with Crippen LogP contribution in [0.5, 0.6) is 0 Å². The Morgan fingerprint density at radius 2 is 1.87 bits per heavy atom. The van der Waals surface area contributed by atoms with Crippen LogP contribution in [0.4, 0.5) is 15.8 Å². The highest BCUT2D eigenvalue weighted by Gasteiger charge is 2.21. The number of nitrogens with one attached hydrogen (secondary N) is 2. The van der Waals surface area contributed by atoms with E-state index in [0.29, 0.717) is 34.7 Å². The first kappa shape index (κ1) is 26.3. The van der Waals surface area contributed by atoms with Crippen LogP contribution in [0.3, 0.4) is 0 Å². The number of carbonyl (C=O) groups is 2. The molecule has 0 bridgehead atoms. The van der Waals surface area contributed by atoms with E-state index in [-0.39, 0.29) is 36.9 Å². The summed E-state index contributed by atoms with van der Waals surface area (Å²) in [5.74, 6) is -1.39. The second-order valence-corrected chi connectivity index (χ2v) is 8.82. The number of nitrogen functional groups attached to an aromatic ring is 1. The predicted molar refractivity (Wildman–Crippen MR) is 145 cm³/mol. The molecular weight excluding hydrogens is 487 g/mol. The summed E-state index contributed by atoms with van der Waals surface area (Å²) in [5.41, 5.74) is 9.31. The lowest BCUT2D eigenvalue weighted by Gasteiger charge is -2.24. The van der Waals surface area contributed by atoms with E-state index in [9.17, 15) is 19.1 Å². The van der Waals surface area contributed by atoms with E-state index in [0.717, 1.165) is 11.1 Å². The fourth-order valence-electron chi connectivity index (χ4n) is 4.36. The molecule has 9 nitrogen and oxygen atoms in total. The van der Waals surface area contributed by atoms with Gasteiger partial charge in [0.15, 0.2) is 0 Å². The third-order valence-electron chi connectivity index (χ3n) is 6.31. The van der Waals surface area contributed by atoms with Crippen LogP contribution in [0, 0.1) is 18.2 Å². The zero-order chi connectivity index (χ0) is 27.4. The molecule has 0 saturated heterocycles. The van der Waals surface area contributed by atoms with Crippen molar-refractivity contribution in [3.8, 4) is 0 Å². The van der Waals surface area contributed by atoms with Crippen LogP contribution in [0.15, 0.2) is 60.7 Å². The zero-order valence-corrected chi connectivity index (χ0v) is 21.2. The van der Waals surface area contributed by atoms with Crippen molar-refractivity contribution in [2.24, 2.45) is 5.73 Å². The van der Waals surface area contributed by atoms with Crippen LogP contribution in [0.2, 0.25) is 0 Å². The summed E-state index contributed by atoms with van der Waals surface area (Å²) in [7, 11) is 0. The molecule has 0 saturated carbocycles. The number of imidazole rings is 1. The summed E-state index contributed by atoms with van der Waals surface area (Å²) in [6, 6.07) is 16.9. The molecule has 0 radical (unpaired) electrons. The highest BCUT2D eigenvalue weighted by Crippen LogP contribution is 2.25. The molecule has 1 amide bonds. The van der Waals surface area contributed by atoms with Gasteiger partial charge in [-0.25, -0.2) is 9.37 Å². The number of carboxylic acid groups (broad SMARTS) is 1. The zero-order valence-electron chi connectivity index (χ0n) is 21.2. The number of benzene rings is 3. The number of carbonyl (C=O) groups excluding carboxylic acids is 1. The molecule has 196 valence electrons. The van der Waals surface area contributed by atoms with E-state index in [1.807, 2.05) is 42.7 Å². The van der Waals surface area contributed by atoms with Gasteiger partial charge in [-0.15, -0.1) is 0 Å². The summed E-state index contributed by atoms with van der Waals surface area (Å²) < 4.78 is 16.5. The Labute approximate surface area is 219 Å². The fraction of sp³-hybridized carbons (Fsp3) is 0.214. The highest BCUT2D eigenvalue weighted by atomic mass is 19.1. The van der Waals surface area contributed by atoms with Crippen LogP contribution in [-0.4, -0.2) is 38.9 Å². The Kier molecular flexibility index (Phi) is 7.71. The second-order valence-electron chi connectivity index (χ2n) is 8.82. The van der Waals surface area contributed by atoms with Crippen molar-refractivity contribution in [1.29, 1.82) is 5.41 Å². The number of para-hydroxylation sites is 1. The topological polar surface area (TPSA) is 137 Å². The summed E-state index contributed by atoms with van der Waals surface area (Å²) in [4.78, 5) is 31.0. The minimum absolute atomic E-state index is 0.0314. The number of aliphatic carboxylic acids is 1. The molecule has 38 heavy (non-hydrogen) atoms. The highest BCUT2D eigenvalue weighted by molar-refractivity contribution is 6.08. The average Bonchev–Trinajstić information content (AvgIpc) is 3.25. The van der Waals surface area contributed by atoms with Crippen molar-refractivity contribution < 1.29 is 19.1 Å². The van der Waals surface area contributed by atoms with E-state index in [4.69, 9.17) is 16.1 Å². The van der Waals surface area contributed by atoms with Gasteiger partial charge in [-0.05, 0) is 61.9 Å². The van der Waals surface area contributed by atoms with Gasteiger partial charge < -0.3 is 25.6 Å². The maximum absolute atomic E-state index is 14.5. The number of anilines is 2. The van der Waals surface area contributed by atoms with Crippen LogP contribution in [-0.2, 0) is 17.9 Å². The van der Waals surface area contributed by atoms with Gasteiger partial charge in [0.1, 0.15) is 17.5 Å². The predicted octanol–water partition coefficient (Wildman–Crippen LogP) is 4.52. The van der Waals surface area contributed by atoms with Gasteiger partial charge in [0.05, 0.1) is 29.7 Å². The summed E-state index contributed by atoms with van der Waals surface area (Å²) in [6.45, 7) is 4.72. The van der Waals surface area contributed by atoms with E-state index in [2.05, 4.69) is 5.32 Å². The lowest BCUT2D eigenvalue weighted by Crippen LogP contribution is -2.33. The minimum Gasteiger partial charge on any atom is -0.481 e. The second kappa shape index (κ2) is 11.1. The number of rotatable bonds is 10. The third-order valence-corrected chi connectivity index (χ3v) is 6.31. The Morgan fingerprint density at radius 3 is 2.53 bits per heavy atom. The quantitative estimate of drug-likeness (QED) is 0.181. The number of hydrogen-bond donors (Lipinski definition) is 4. The molecule has 0 aliphatic heterocycles. The molecule has 4 aromatic rings. The summed E-state index contributed by atoms with van der Waals surface area (Å²) >= 11 is 0. The van der Waals surface area contributed by atoms with Crippen molar-refractivity contribution in [3.63, 3.8) is 0 Å². The van der Waals surface area contributed by atoms with Gasteiger partial charge in [-0.1, -0.05) is 18.2 Å². The number of carboxylic acids is 1. The van der Waals surface area contributed by atoms with Crippen molar-refractivity contribution in [2.45, 2.75) is 33.4 Å². The van der Waals surface area contributed by atoms with Crippen molar-refractivity contribution in [3.05, 3.63) is 89.0 Å². The molecule has 0 unspecified atom stereocenters. The number of amides is 1. The first-order valence-electron chi connectivity index (χ1n) is 12.2. The number of nitrogens with zero attached hydrogens (tertiary/aromatic N) is 3. The Morgan fingerprint density at radius 1 is 1.13 bits per heavy atom. The molecule has 3 aromatic carbocycles. The maximum Gasteiger partial charge on any atom is 0.305 e. The van der Waals surface area contributed by atoms with Gasteiger partial charge in [0.25, 0.3) is 5.91 Å². The normalized spacial score (nSPS) is 10.9. The lowest BCUT2D eigenvalue weighted by atomic mass is 10.1. The number of nitrogens with two attached hydrogens (primary N) is 1. The van der Waals surface area contributed by atoms with Gasteiger partial charge in [0, 0.05) is 29.9 Å². The molecule has 0 fully saturated rings. The van der Waals surface area contributed by atoms with Gasteiger partial charge in [-0.3, -0.25) is 15.0 Å². The largest absolute Gasteiger partial charge is 0.481 e. The van der Waals surface area contributed by atoms with Crippen LogP contribution in [0.1, 0.15) is 40.7 Å². The first-order chi connectivity index (χ1) is 18.2. The molecule has 4 rings (SSSR count). The molecule has 0 aliphatic rings. The average molecular weight is 517 g/mol. The van der Waals surface area contributed by atoms with E-state index >= 15 is 0 Å². The number of aryl methyl sites for hydroxylation is 2. The molecule has 1 heterocycles. The monoisotopic (exact) mass is 516 g/mol. The third kappa shape index (κ3) is 5.49. The lowest BCUT2D eigenvalue weighted by molar-refractivity contribution is -0.136. The maximum atomic E-state index is 14.5. The van der Waals surface area contributed by atoms with Crippen molar-refractivity contribution >= 4 is 40.1 Å². The Hall–Kier alpha value is -4.73. The van der Waals surface area contributed by atoms with Gasteiger partial charge >= 0.3 is 5.97 Å².